The van der Waals surface area contributed by atoms with Gasteiger partial charge in [-0.1, -0.05) is 372 Å². The fourth-order valence-electron chi connectivity index (χ4n) is 11.3. The van der Waals surface area contributed by atoms with Crippen molar-refractivity contribution in [1.29, 1.82) is 0 Å². The summed E-state index contributed by atoms with van der Waals surface area (Å²) < 4.78 is 16.9. The van der Waals surface area contributed by atoms with Crippen LogP contribution in [0.1, 0.15) is 412 Å². The average molecular weight is 1150 g/mol. The van der Waals surface area contributed by atoms with Crippen LogP contribution in [-0.4, -0.2) is 37.2 Å². The first-order valence-electron chi connectivity index (χ1n) is 37.0. The van der Waals surface area contributed by atoms with Gasteiger partial charge in [-0.2, -0.15) is 0 Å². The number of ether oxygens (including phenoxy) is 3. The molecule has 0 saturated heterocycles. The number of hydrogen-bond acceptors (Lipinski definition) is 6. The number of carbonyl (C=O) groups is 3. The molecule has 0 aliphatic carbocycles. The van der Waals surface area contributed by atoms with E-state index in [1.54, 1.807) is 0 Å². The molecule has 6 heteroatoms. The summed E-state index contributed by atoms with van der Waals surface area (Å²) in [6.07, 6.45) is 89.4. The Labute approximate surface area is 512 Å². The fourth-order valence-corrected chi connectivity index (χ4v) is 11.3. The van der Waals surface area contributed by atoms with Crippen LogP contribution in [0, 0.1) is 0 Å². The van der Waals surface area contributed by atoms with Gasteiger partial charge in [-0.25, -0.2) is 0 Å². The zero-order chi connectivity index (χ0) is 59.2. The molecule has 0 amide bonds. The molecule has 0 fully saturated rings. The predicted molar refractivity (Wildman–Crippen MR) is 358 cm³/mol. The number of carbonyl (C=O) groups excluding carboxylic acids is 3. The second kappa shape index (κ2) is 71.1. The molecule has 0 spiro atoms. The molecule has 1 unspecified atom stereocenters. The van der Waals surface area contributed by atoms with Gasteiger partial charge < -0.3 is 14.2 Å². The third-order valence-corrected chi connectivity index (χ3v) is 16.9. The van der Waals surface area contributed by atoms with Crippen molar-refractivity contribution in [2.75, 3.05) is 13.2 Å². The van der Waals surface area contributed by atoms with Crippen molar-refractivity contribution in [2.24, 2.45) is 0 Å². The molecule has 82 heavy (non-hydrogen) atoms. The summed E-state index contributed by atoms with van der Waals surface area (Å²) in [5.74, 6) is -0.845. The molecule has 1 atom stereocenters. The summed E-state index contributed by atoms with van der Waals surface area (Å²) in [4.78, 5) is 38.2. The topological polar surface area (TPSA) is 78.9 Å². The molecule has 0 radical (unpaired) electrons. The smallest absolute Gasteiger partial charge is 0.306 e. The summed E-state index contributed by atoms with van der Waals surface area (Å²) in [6.45, 7) is 6.66. The van der Waals surface area contributed by atoms with Crippen LogP contribution in [0.25, 0.3) is 0 Å². The lowest BCUT2D eigenvalue weighted by atomic mass is 10.0. The molecular weight excluding hydrogens is 1010 g/mol. The van der Waals surface area contributed by atoms with Crippen LogP contribution in [0.5, 0.6) is 0 Å². The molecule has 0 aromatic heterocycles. The summed E-state index contributed by atoms with van der Waals surface area (Å²) in [6, 6.07) is 0. The quantitative estimate of drug-likeness (QED) is 0.0261. The lowest BCUT2D eigenvalue weighted by molar-refractivity contribution is -0.167. The van der Waals surface area contributed by atoms with E-state index in [1.165, 1.54) is 302 Å². The highest BCUT2D eigenvalue weighted by Gasteiger charge is 2.19. The van der Waals surface area contributed by atoms with Crippen molar-refractivity contribution in [3.05, 3.63) is 36.5 Å². The van der Waals surface area contributed by atoms with Gasteiger partial charge in [0, 0.05) is 19.3 Å². The minimum Gasteiger partial charge on any atom is -0.462 e. The first kappa shape index (κ1) is 79.6. The number of esters is 3. The highest BCUT2D eigenvalue weighted by molar-refractivity contribution is 5.71. The fraction of sp³-hybridized carbons (Fsp3) is 0.882. The normalized spacial score (nSPS) is 12.2. The molecule has 0 heterocycles. The van der Waals surface area contributed by atoms with E-state index in [0.717, 1.165) is 70.6 Å². The van der Waals surface area contributed by atoms with E-state index in [4.69, 9.17) is 14.2 Å². The minimum atomic E-state index is -0.767. The first-order chi connectivity index (χ1) is 40.5. The van der Waals surface area contributed by atoms with Crippen molar-refractivity contribution in [1.82, 2.24) is 0 Å². The Balaban J connectivity index is 4.00. The van der Waals surface area contributed by atoms with Crippen molar-refractivity contribution in [3.63, 3.8) is 0 Å². The Morgan fingerprint density at radius 1 is 0.244 bits per heavy atom. The van der Waals surface area contributed by atoms with Gasteiger partial charge in [0.2, 0.25) is 0 Å². The largest absolute Gasteiger partial charge is 0.462 e. The van der Waals surface area contributed by atoms with Gasteiger partial charge in [-0.3, -0.25) is 14.4 Å². The Morgan fingerprint density at radius 3 is 0.683 bits per heavy atom. The lowest BCUT2D eigenvalue weighted by Crippen LogP contribution is -2.30. The molecule has 0 aliphatic heterocycles. The van der Waals surface area contributed by atoms with Crippen LogP contribution >= 0.6 is 0 Å². The second-order valence-electron chi connectivity index (χ2n) is 25.2. The number of allylic oxidation sites excluding steroid dienone is 6. The Bertz CT molecular complexity index is 1370. The second-order valence-corrected chi connectivity index (χ2v) is 25.2. The predicted octanol–water partition coefficient (Wildman–Crippen LogP) is 25.5. The standard InChI is InChI=1S/C76H142O6/c1-4-7-10-13-16-18-20-22-24-26-28-30-32-34-36-38-40-41-43-45-47-49-51-53-55-57-60-63-66-69-75(78)81-72-73(71-80-74(77)68-65-62-59-15-12-9-6-3)82-76(79)70-67-64-61-58-56-54-52-50-48-46-44-42-39-37-35-33-31-29-27-25-23-21-19-17-14-11-8-5-2/h20,22,26,28,32,34,73H,4-19,21,23-25,27,29-31,33,35-72H2,1-3H3/b22-20-,28-26-,34-32-. The molecule has 6 nitrogen and oxygen atoms in total. The van der Waals surface area contributed by atoms with Crippen molar-refractivity contribution in [2.45, 2.75) is 419 Å². The molecule has 0 aliphatic rings. The zero-order valence-corrected chi connectivity index (χ0v) is 55.5. The van der Waals surface area contributed by atoms with E-state index in [2.05, 4.69) is 57.2 Å². The van der Waals surface area contributed by atoms with Crippen LogP contribution in [0.2, 0.25) is 0 Å². The maximum atomic E-state index is 12.9. The summed E-state index contributed by atoms with van der Waals surface area (Å²) in [5, 5.41) is 0. The van der Waals surface area contributed by atoms with E-state index < -0.39 is 6.10 Å². The van der Waals surface area contributed by atoms with Crippen molar-refractivity contribution >= 4 is 17.9 Å². The van der Waals surface area contributed by atoms with Crippen LogP contribution in [0.3, 0.4) is 0 Å². The van der Waals surface area contributed by atoms with Gasteiger partial charge in [0.25, 0.3) is 0 Å². The van der Waals surface area contributed by atoms with Crippen LogP contribution in [-0.2, 0) is 28.6 Å². The lowest BCUT2D eigenvalue weighted by Gasteiger charge is -2.18. The number of rotatable bonds is 69. The highest BCUT2D eigenvalue weighted by atomic mass is 16.6. The van der Waals surface area contributed by atoms with E-state index in [-0.39, 0.29) is 31.1 Å². The SMILES string of the molecule is CCCCCCC/C=C\C/C=C\C/C=C\CCCCCCCCCCCCCCCCC(=O)OCC(COC(=O)CCCCCCCCC)OC(=O)CCCCCCCCCCCCCCCCCCCCCCCCCCCCCC. The molecule has 0 aromatic carbocycles. The monoisotopic (exact) mass is 1150 g/mol. The summed E-state index contributed by atoms with van der Waals surface area (Å²) in [5.41, 5.74) is 0. The molecule has 0 saturated carbocycles. The molecule has 0 aromatic rings. The maximum absolute atomic E-state index is 12.9. The first-order valence-corrected chi connectivity index (χ1v) is 37.0. The van der Waals surface area contributed by atoms with Gasteiger partial charge >= 0.3 is 17.9 Å². The van der Waals surface area contributed by atoms with E-state index in [0.29, 0.717) is 19.3 Å². The van der Waals surface area contributed by atoms with E-state index >= 15 is 0 Å². The van der Waals surface area contributed by atoms with Crippen LogP contribution in [0.4, 0.5) is 0 Å². The summed E-state index contributed by atoms with van der Waals surface area (Å²) >= 11 is 0. The van der Waals surface area contributed by atoms with Crippen molar-refractivity contribution < 1.29 is 28.6 Å². The Kier molecular flexibility index (Phi) is 69.1. The zero-order valence-electron chi connectivity index (χ0n) is 55.5. The minimum absolute atomic E-state index is 0.0667. The van der Waals surface area contributed by atoms with Gasteiger partial charge in [0.1, 0.15) is 13.2 Å². The highest BCUT2D eigenvalue weighted by Crippen LogP contribution is 2.19. The molecule has 0 N–H and O–H groups in total. The van der Waals surface area contributed by atoms with E-state index in [9.17, 15) is 14.4 Å². The van der Waals surface area contributed by atoms with Crippen LogP contribution < -0.4 is 0 Å². The third-order valence-electron chi connectivity index (χ3n) is 16.9. The van der Waals surface area contributed by atoms with E-state index in [1.807, 2.05) is 0 Å². The van der Waals surface area contributed by atoms with Gasteiger partial charge in [-0.05, 0) is 57.8 Å². The van der Waals surface area contributed by atoms with Crippen LogP contribution in [0.15, 0.2) is 36.5 Å². The van der Waals surface area contributed by atoms with Gasteiger partial charge in [-0.15, -0.1) is 0 Å². The summed E-state index contributed by atoms with van der Waals surface area (Å²) in [7, 11) is 0. The third kappa shape index (κ3) is 68.4. The number of unbranched alkanes of at least 4 members (excludes halogenated alkanes) is 52. The molecule has 0 bridgehead atoms. The molecular formula is C76H142O6. The van der Waals surface area contributed by atoms with Crippen molar-refractivity contribution in [3.8, 4) is 0 Å². The molecule has 482 valence electrons. The van der Waals surface area contributed by atoms with Gasteiger partial charge in [0.05, 0.1) is 0 Å². The average Bonchev–Trinajstić information content (AvgIpc) is 3.48. The van der Waals surface area contributed by atoms with Gasteiger partial charge in [0.15, 0.2) is 6.10 Å². The Hall–Kier alpha value is -2.37. The maximum Gasteiger partial charge on any atom is 0.306 e. The number of hydrogen-bond donors (Lipinski definition) is 0. The Morgan fingerprint density at radius 2 is 0.439 bits per heavy atom. The molecule has 0 rings (SSSR count).